The lowest BCUT2D eigenvalue weighted by atomic mass is 10.1. The van der Waals surface area contributed by atoms with Crippen molar-refractivity contribution in [3.05, 3.63) is 24.0 Å². The fraction of sp³-hybridized carbons (Fsp3) is 0.545. The van der Waals surface area contributed by atoms with E-state index in [1.807, 2.05) is 18.5 Å². The van der Waals surface area contributed by atoms with Gasteiger partial charge in [-0.15, -0.1) is 0 Å². The molecule has 0 saturated carbocycles. The zero-order chi connectivity index (χ0) is 10.5. The number of rotatable bonds is 4. The highest BCUT2D eigenvalue weighted by molar-refractivity contribution is 5.76. The topological polar surface area (TPSA) is 56.9 Å². The number of amides is 1. The molecule has 0 radical (unpaired) electrons. The van der Waals surface area contributed by atoms with Gasteiger partial charge in [-0.05, 0) is 31.0 Å². The van der Waals surface area contributed by atoms with E-state index >= 15 is 0 Å². The number of aromatic amines is 1. The number of aromatic nitrogens is 1. The fourth-order valence-corrected chi connectivity index (χ4v) is 1.90. The van der Waals surface area contributed by atoms with Crippen molar-refractivity contribution in [2.75, 3.05) is 6.54 Å². The normalized spacial score (nSPS) is 20.4. The van der Waals surface area contributed by atoms with E-state index in [-0.39, 0.29) is 5.91 Å². The molecule has 2 heterocycles. The van der Waals surface area contributed by atoms with Crippen molar-refractivity contribution >= 4 is 5.91 Å². The van der Waals surface area contributed by atoms with Gasteiger partial charge in [-0.3, -0.25) is 4.79 Å². The first-order valence-electron chi connectivity index (χ1n) is 5.46. The summed E-state index contributed by atoms with van der Waals surface area (Å²) in [5.74, 6) is 0.135. The van der Waals surface area contributed by atoms with Gasteiger partial charge in [0, 0.05) is 31.4 Å². The van der Waals surface area contributed by atoms with Crippen LogP contribution in [-0.2, 0) is 11.3 Å². The Bertz CT molecular complexity index is 302. The molecule has 0 aromatic carbocycles. The van der Waals surface area contributed by atoms with Gasteiger partial charge in [0.15, 0.2) is 0 Å². The van der Waals surface area contributed by atoms with Crippen LogP contribution < -0.4 is 10.6 Å². The summed E-state index contributed by atoms with van der Waals surface area (Å²) < 4.78 is 0. The van der Waals surface area contributed by atoms with E-state index in [0.29, 0.717) is 19.0 Å². The van der Waals surface area contributed by atoms with E-state index in [4.69, 9.17) is 0 Å². The quantitative estimate of drug-likeness (QED) is 0.683. The summed E-state index contributed by atoms with van der Waals surface area (Å²) in [6, 6.07) is 2.35. The Kier molecular flexibility index (Phi) is 3.40. The van der Waals surface area contributed by atoms with Crippen molar-refractivity contribution in [2.24, 2.45) is 0 Å². The number of hydrogen-bond acceptors (Lipinski definition) is 2. The van der Waals surface area contributed by atoms with Gasteiger partial charge in [-0.1, -0.05) is 0 Å². The average molecular weight is 207 g/mol. The summed E-state index contributed by atoms with van der Waals surface area (Å²) in [6.07, 6.45) is 6.67. The van der Waals surface area contributed by atoms with E-state index in [9.17, 15) is 4.79 Å². The highest BCUT2D eigenvalue weighted by atomic mass is 16.1. The van der Waals surface area contributed by atoms with Crippen LogP contribution in [0.4, 0.5) is 0 Å². The lowest BCUT2D eigenvalue weighted by Crippen LogP contribution is -2.31. The van der Waals surface area contributed by atoms with Crippen molar-refractivity contribution in [3.8, 4) is 0 Å². The second-order valence-corrected chi connectivity index (χ2v) is 3.99. The molecule has 82 valence electrons. The maximum absolute atomic E-state index is 11.5. The maximum atomic E-state index is 11.5. The van der Waals surface area contributed by atoms with Crippen LogP contribution >= 0.6 is 0 Å². The molecule has 0 aliphatic carbocycles. The number of carbonyl (C=O) groups is 1. The molecule has 0 bridgehead atoms. The molecule has 1 saturated heterocycles. The minimum Gasteiger partial charge on any atom is -0.367 e. The van der Waals surface area contributed by atoms with Gasteiger partial charge in [-0.2, -0.15) is 0 Å². The smallest absolute Gasteiger partial charge is 0.221 e. The van der Waals surface area contributed by atoms with Crippen LogP contribution in [0.3, 0.4) is 0 Å². The lowest BCUT2D eigenvalue weighted by molar-refractivity contribution is -0.121. The van der Waals surface area contributed by atoms with Crippen LogP contribution in [0, 0.1) is 0 Å². The Labute approximate surface area is 89.5 Å². The van der Waals surface area contributed by atoms with Gasteiger partial charge in [0.2, 0.25) is 5.91 Å². The molecular weight excluding hydrogens is 190 g/mol. The first kappa shape index (κ1) is 10.2. The van der Waals surface area contributed by atoms with Crippen molar-refractivity contribution < 1.29 is 4.79 Å². The summed E-state index contributed by atoms with van der Waals surface area (Å²) in [4.78, 5) is 14.5. The molecule has 1 atom stereocenters. The minimum atomic E-state index is 0.135. The monoisotopic (exact) mass is 207 g/mol. The van der Waals surface area contributed by atoms with Crippen LogP contribution in [0.2, 0.25) is 0 Å². The first-order chi connectivity index (χ1) is 7.34. The van der Waals surface area contributed by atoms with Gasteiger partial charge in [0.05, 0.1) is 0 Å². The molecule has 15 heavy (non-hydrogen) atoms. The third-order valence-corrected chi connectivity index (χ3v) is 2.75. The number of H-pyrrole nitrogens is 1. The molecule has 0 spiro atoms. The van der Waals surface area contributed by atoms with Gasteiger partial charge in [0.25, 0.3) is 0 Å². The third kappa shape index (κ3) is 3.09. The lowest BCUT2D eigenvalue weighted by Gasteiger charge is -2.09. The second kappa shape index (κ2) is 4.98. The van der Waals surface area contributed by atoms with Gasteiger partial charge >= 0.3 is 0 Å². The first-order valence-corrected chi connectivity index (χ1v) is 5.46. The SMILES string of the molecule is O=C(CC1CCCN1)NCc1cc[nH]c1. The van der Waals surface area contributed by atoms with E-state index in [1.54, 1.807) is 0 Å². The van der Waals surface area contributed by atoms with E-state index in [2.05, 4.69) is 15.6 Å². The summed E-state index contributed by atoms with van der Waals surface area (Å²) in [7, 11) is 0. The Morgan fingerprint density at radius 2 is 2.53 bits per heavy atom. The summed E-state index contributed by atoms with van der Waals surface area (Å²) in [6.45, 7) is 1.67. The zero-order valence-electron chi connectivity index (χ0n) is 8.75. The third-order valence-electron chi connectivity index (χ3n) is 2.75. The van der Waals surface area contributed by atoms with Crippen molar-refractivity contribution in [3.63, 3.8) is 0 Å². The molecule has 1 amide bonds. The molecule has 1 aromatic heterocycles. The molecule has 4 heteroatoms. The van der Waals surface area contributed by atoms with Gasteiger partial charge < -0.3 is 15.6 Å². The molecule has 1 aromatic rings. The van der Waals surface area contributed by atoms with E-state index in [1.165, 1.54) is 6.42 Å². The molecule has 1 aliphatic heterocycles. The molecule has 1 fully saturated rings. The second-order valence-electron chi connectivity index (χ2n) is 3.99. The van der Waals surface area contributed by atoms with Crippen LogP contribution in [0.1, 0.15) is 24.8 Å². The van der Waals surface area contributed by atoms with E-state index in [0.717, 1.165) is 18.5 Å². The average Bonchev–Trinajstić information content (AvgIpc) is 2.86. The predicted octanol–water partition coefficient (Wildman–Crippen LogP) is 0.773. The van der Waals surface area contributed by atoms with Crippen LogP contribution in [0.25, 0.3) is 0 Å². The highest BCUT2D eigenvalue weighted by Crippen LogP contribution is 2.08. The molecule has 3 N–H and O–H groups in total. The summed E-state index contributed by atoms with van der Waals surface area (Å²) in [5.41, 5.74) is 1.11. The number of hydrogen-bond donors (Lipinski definition) is 3. The molecule has 2 rings (SSSR count). The standard InChI is InChI=1S/C11H17N3O/c15-11(6-10-2-1-4-13-10)14-8-9-3-5-12-7-9/h3,5,7,10,12-13H,1-2,4,6,8H2,(H,14,15). The van der Waals surface area contributed by atoms with Crippen LogP contribution in [0.5, 0.6) is 0 Å². The predicted molar refractivity (Wildman–Crippen MR) is 58.3 cm³/mol. The zero-order valence-corrected chi connectivity index (χ0v) is 8.75. The van der Waals surface area contributed by atoms with Crippen molar-refractivity contribution in [2.45, 2.75) is 31.8 Å². The largest absolute Gasteiger partial charge is 0.367 e. The van der Waals surface area contributed by atoms with Crippen LogP contribution in [0.15, 0.2) is 18.5 Å². The van der Waals surface area contributed by atoms with Crippen molar-refractivity contribution in [1.29, 1.82) is 0 Å². The van der Waals surface area contributed by atoms with E-state index < -0.39 is 0 Å². The number of nitrogens with one attached hydrogen (secondary N) is 3. The van der Waals surface area contributed by atoms with Crippen molar-refractivity contribution in [1.82, 2.24) is 15.6 Å². The Morgan fingerprint density at radius 1 is 1.60 bits per heavy atom. The Hall–Kier alpha value is -1.29. The molecule has 1 unspecified atom stereocenters. The molecular formula is C11H17N3O. The molecule has 1 aliphatic rings. The minimum absolute atomic E-state index is 0.135. The summed E-state index contributed by atoms with van der Waals surface area (Å²) in [5, 5.41) is 6.23. The highest BCUT2D eigenvalue weighted by Gasteiger charge is 2.17. The maximum Gasteiger partial charge on any atom is 0.221 e. The van der Waals surface area contributed by atoms with Crippen LogP contribution in [-0.4, -0.2) is 23.5 Å². The fourth-order valence-electron chi connectivity index (χ4n) is 1.90. The Morgan fingerprint density at radius 3 is 3.20 bits per heavy atom. The summed E-state index contributed by atoms with van der Waals surface area (Å²) >= 11 is 0. The Balaban J connectivity index is 1.68. The van der Waals surface area contributed by atoms with Gasteiger partial charge in [-0.25, -0.2) is 0 Å². The number of carbonyl (C=O) groups excluding carboxylic acids is 1. The molecule has 4 nitrogen and oxygen atoms in total. The van der Waals surface area contributed by atoms with Gasteiger partial charge in [0.1, 0.15) is 0 Å².